The van der Waals surface area contributed by atoms with Crippen LogP contribution in [-0.4, -0.2) is 8.07 Å². The molecule has 0 N–H and O–H groups in total. The van der Waals surface area contributed by atoms with Gasteiger partial charge >= 0.3 is 0 Å². The highest BCUT2D eigenvalue weighted by Crippen LogP contribution is 2.30. The third-order valence-electron chi connectivity index (χ3n) is 3.01. The second-order valence-corrected chi connectivity index (χ2v) is 11.1. The molecule has 1 aliphatic carbocycles. The van der Waals surface area contributed by atoms with Crippen molar-refractivity contribution in [3.05, 3.63) is 35.9 Å². The quantitative estimate of drug-likeness (QED) is 0.529. The van der Waals surface area contributed by atoms with Crippen LogP contribution in [0.25, 0.3) is 0 Å². The number of rotatable bonds is 2. The van der Waals surface area contributed by atoms with E-state index in [1.54, 1.807) is 0 Å². The van der Waals surface area contributed by atoms with Gasteiger partial charge in [0.15, 0.2) is 0 Å². The van der Waals surface area contributed by atoms with Crippen molar-refractivity contribution in [3.8, 4) is 11.8 Å². The minimum absolute atomic E-state index is 0.495. The van der Waals surface area contributed by atoms with Crippen molar-refractivity contribution in [3.63, 3.8) is 0 Å². The van der Waals surface area contributed by atoms with Gasteiger partial charge in [-0.25, -0.2) is 0 Å². The highest BCUT2D eigenvalue weighted by molar-refractivity contribution is 6.78. The van der Waals surface area contributed by atoms with Gasteiger partial charge in [-0.1, -0.05) is 61.8 Å². The van der Waals surface area contributed by atoms with Crippen LogP contribution in [0.5, 0.6) is 0 Å². The fourth-order valence-corrected chi connectivity index (χ4v) is 3.58. The number of hydrogen-bond donors (Lipinski definition) is 0. The second-order valence-electron chi connectivity index (χ2n) is 5.77. The Morgan fingerprint density at radius 2 is 1.75 bits per heavy atom. The van der Waals surface area contributed by atoms with Crippen LogP contribution in [0.4, 0.5) is 0 Å². The lowest BCUT2D eigenvalue weighted by atomic mass is 10.1. The molecular weight excluding hydrogens is 208 g/mol. The Labute approximate surface area is 100 Å². The molecule has 0 radical (unpaired) electrons. The zero-order chi connectivity index (χ0) is 11.6. The molecule has 0 aromatic heterocycles. The third kappa shape index (κ3) is 2.99. The Kier molecular flexibility index (Phi) is 3.21. The normalized spacial score (nSPS) is 17.4. The largest absolute Gasteiger partial charge is 0.0996 e. The van der Waals surface area contributed by atoms with Gasteiger partial charge in [-0.05, 0) is 18.4 Å². The molecule has 1 aromatic carbocycles. The smallest absolute Gasteiger partial charge is 0.0668 e. The molecule has 0 spiro atoms. The minimum atomic E-state index is -1.24. The van der Waals surface area contributed by atoms with E-state index in [2.05, 4.69) is 61.8 Å². The lowest BCUT2D eigenvalue weighted by molar-refractivity contribution is 1.14. The molecule has 1 fully saturated rings. The van der Waals surface area contributed by atoms with Crippen molar-refractivity contribution in [1.29, 1.82) is 0 Å². The van der Waals surface area contributed by atoms with E-state index in [1.807, 2.05) is 0 Å². The summed E-state index contributed by atoms with van der Waals surface area (Å²) in [5.41, 5.74) is 1.91. The maximum atomic E-state index is 3.55. The first-order valence-corrected chi connectivity index (χ1v) is 9.71. The minimum Gasteiger partial charge on any atom is -0.0996 e. The maximum Gasteiger partial charge on any atom is 0.0668 e. The van der Waals surface area contributed by atoms with E-state index < -0.39 is 8.07 Å². The molecule has 0 aliphatic heterocycles. The summed E-state index contributed by atoms with van der Waals surface area (Å²) in [6.45, 7) is 7.23. The van der Waals surface area contributed by atoms with E-state index in [4.69, 9.17) is 0 Å². The molecule has 1 atom stereocenters. The van der Waals surface area contributed by atoms with Crippen molar-refractivity contribution >= 4 is 8.07 Å². The van der Waals surface area contributed by atoms with E-state index >= 15 is 0 Å². The highest BCUT2D eigenvalue weighted by Gasteiger charge is 2.27. The van der Waals surface area contributed by atoms with Crippen LogP contribution in [0.3, 0.4) is 0 Å². The van der Waals surface area contributed by atoms with E-state index in [0.29, 0.717) is 11.5 Å². The first kappa shape index (κ1) is 11.5. The van der Waals surface area contributed by atoms with Crippen LogP contribution in [0, 0.1) is 17.8 Å². The second kappa shape index (κ2) is 4.47. The zero-order valence-corrected chi connectivity index (χ0v) is 11.5. The van der Waals surface area contributed by atoms with Gasteiger partial charge in [0.2, 0.25) is 0 Å². The van der Waals surface area contributed by atoms with Crippen LogP contribution in [0.1, 0.15) is 23.9 Å². The van der Waals surface area contributed by atoms with Gasteiger partial charge in [-0.15, -0.1) is 0 Å². The lowest BCUT2D eigenvalue weighted by Crippen LogP contribution is -2.30. The van der Waals surface area contributed by atoms with Crippen molar-refractivity contribution in [2.75, 3.05) is 0 Å². The standard InChI is InChI=1S/C15H20Si/c1-16(2,3)15(12-11-13-9-10-13)14-7-5-4-6-8-14/h4-8,13,15H,9-10H2,1-3H3. The molecule has 84 valence electrons. The summed E-state index contributed by atoms with van der Waals surface area (Å²) >= 11 is 0. The van der Waals surface area contributed by atoms with Crippen LogP contribution >= 0.6 is 0 Å². The van der Waals surface area contributed by atoms with Gasteiger partial charge in [-0.2, -0.15) is 0 Å². The Bertz CT molecular complexity index is 399. The number of hydrogen-bond acceptors (Lipinski definition) is 0. The Balaban J connectivity index is 2.25. The van der Waals surface area contributed by atoms with Crippen LogP contribution in [0.2, 0.25) is 19.6 Å². The summed E-state index contributed by atoms with van der Waals surface area (Å²) in [4.78, 5) is 0. The van der Waals surface area contributed by atoms with E-state index in [0.717, 1.165) is 0 Å². The SMILES string of the molecule is C[Si](C)(C)C(C#CC1CC1)c1ccccc1. The molecular formula is C15H20Si. The first-order chi connectivity index (χ1) is 7.57. The average molecular weight is 228 g/mol. The number of benzene rings is 1. The van der Waals surface area contributed by atoms with Crippen LogP contribution < -0.4 is 0 Å². The monoisotopic (exact) mass is 228 g/mol. The maximum absolute atomic E-state index is 3.55. The van der Waals surface area contributed by atoms with E-state index in [9.17, 15) is 0 Å². The van der Waals surface area contributed by atoms with Gasteiger partial charge in [0, 0.05) is 11.5 Å². The summed E-state index contributed by atoms with van der Waals surface area (Å²) in [6.07, 6.45) is 2.64. The van der Waals surface area contributed by atoms with Crippen molar-refractivity contribution < 1.29 is 0 Å². The molecule has 2 rings (SSSR count). The van der Waals surface area contributed by atoms with E-state index in [1.165, 1.54) is 18.4 Å². The average Bonchev–Trinajstić information content (AvgIpc) is 3.01. The molecule has 0 bridgehead atoms. The molecule has 0 nitrogen and oxygen atoms in total. The molecule has 1 saturated carbocycles. The summed E-state index contributed by atoms with van der Waals surface area (Å²) in [6, 6.07) is 10.8. The van der Waals surface area contributed by atoms with Gasteiger partial charge < -0.3 is 0 Å². The Morgan fingerprint density at radius 3 is 2.25 bits per heavy atom. The molecule has 0 saturated heterocycles. The molecule has 1 unspecified atom stereocenters. The van der Waals surface area contributed by atoms with Gasteiger partial charge in [0.25, 0.3) is 0 Å². The summed E-state index contributed by atoms with van der Waals surface area (Å²) in [5.74, 6) is 7.71. The fourth-order valence-electron chi connectivity index (χ4n) is 1.87. The zero-order valence-electron chi connectivity index (χ0n) is 10.5. The summed E-state index contributed by atoms with van der Waals surface area (Å²) < 4.78 is 0. The molecule has 0 heterocycles. The Morgan fingerprint density at radius 1 is 1.12 bits per heavy atom. The fraction of sp³-hybridized carbons (Fsp3) is 0.467. The predicted molar refractivity (Wildman–Crippen MR) is 73.0 cm³/mol. The van der Waals surface area contributed by atoms with E-state index in [-0.39, 0.29) is 0 Å². The van der Waals surface area contributed by atoms with Crippen LogP contribution in [-0.2, 0) is 0 Å². The summed E-state index contributed by atoms with van der Waals surface area (Å²) in [5, 5.41) is 0. The Hall–Kier alpha value is -1.00. The van der Waals surface area contributed by atoms with Gasteiger partial charge in [-0.3, -0.25) is 0 Å². The first-order valence-electron chi connectivity index (χ1n) is 6.13. The van der Waals surface area contributed by atoms with Gasteiger partial charge in [0.1, 0.15) is 0 Å². The molecule has 1 heteroatoms. The van der Waals surface area contributed by atoms with Gasteiger partial charge in [0.05, 0.1) is 8.07 Å². The topological polar surface area (TPSA) is 0 Å². The molecule has 16 heavy (non-hydrogen) atoms. The lowest BCUT2D eigenvalue weighted by Gasteiger charge is -2.24. The van der Waals surface area contributed by atoms with Crippen molar-refractivity contribution in [2.24, 2.45) is 5.92 Å². The molecule has 1 aliphatic rings. The summed E-state index contributed by atoms with van der Waals surface area (Å²) in [7, 11) is -1.24. The third-order valence-corrected chi connectivity index (χ3v) is 5.22. The van der Waals surface area contributed by atoms with Crippen molar-refractivity contribution in [1.82, 2.24) is 0 Å². The molecule has 0 amide bonds. The van der Waals surface area contributed by atoms with Crippen molar-refractivity contribution in [2.45, 2.75) is 38.0 Å². The molecule has 1 aromatic rings. The predicted octanol–water partition coefficient (Wildman–Crippen LogP) is 4.06. The highest BCUT2D eigenvalue weighted by atomic mass is 28.3. The van der Waals surface area contributed by atoms with Crippen LogP contribution in [0.15, 0.2) is 30.3 Å².